The molecule has 1 fully saturated rings. The zero-order valence-electron chi connectivity index (χ0n) is 14.7. The van der Waals surface area contributed by atoms with Gasteiger partial charge in [0.2, 0.25) is 5.75 Å². The van der Waals surface area contributed by atoms with Gasteiger partial charge in [-0.2, -0.15) is 0 Å². The van der Waals surface area contributed by atoms with E-state index in [-0.39, 0.29) is 23.0 Å². The lowest BCUT2D eigenvalue weighted by atomic mass is 10.0. The molecule has 1 aliphatic rings. The summed E-state index contributed by atoms with van der Waals surface area (Å²) in [5, 5.41) is 3.26. The molecule has 7 heteroatoms. The summed E-state index contributed by atoms with van der Waals surface area (Å²) in [6.07, 6.45) is 0. The fourth-order valence-corrected chi connectivity index (χ4v) is 4.12. The number of hydrogen-bond acceptors (Lipinski definition) is 6. The van der Waals surface area contributed by atoms with Crippen molar-refractivity contribution in [3.8, 4) is 17.2 Å². The van der Waals surface area contributed by atoms with E-state index in [4.69, 9.17) is 14.2 Å². The van der Waals surface area contributed by atoms with Gasteiger partial charge in [-0.1, -0.05) is 12.1 Å². The van der Waals surface area contributed by atoms with Gasteiger partial charge in [0.15, 0.2) is 17.3 Å². The second-order valence-electron chi connectivity index (χ2n) is 5.76. The number of carbonyl (C=O) groups is 1. The van der Waals surface area contributed by atoms with Gasteiger partial charge in [-0.15, -0.1) is 11.8 Å². The van der Waals surface area contributed by atoms with Crippen LogP contribution in [0, 0.1) is 5.82 Å². The number of halogens is 1. The van der Waals surface area contributed by atoms with E-state index in [9.17, 15) is 9.18 Å². The SMILES string of the molecule is COc1cc(C(=O)C2CSC(c3ccc(F)cc3)N2)cc(OC)c1OC. The summed E-state index contributed by atoms with van der Waals surface area (Å²) in [6, 6.07) is 9.26. The molecule has 2 atom stereocenters. The first-order valence-corrected chi connectivity index (χ1v) is 9.09. The van der Waals surface area contributed by atoms with Gasteiger partial charge in [-0.3, -0.25) is 10.1 Å². The first kappa shape index (κ1) is 18.5. The number of nitrogens with one attached hydrogen (secondary N) is 1. The molecule has 0 amide bonds. The zero-order valence-corrected chi connectivity index (χ0v) is 15.6. The van der Waals surface area contributed by atoms with E-state index in [1.165, 1.54) is 33.5 Å². The summed E-state index contributed by atoms with van der Waals surface area (Å²) < 4.78 is 29.0. The number of hydrogen-bond donors (Lipinski definition) is 1. The topological polar surface area (TPSA) is 56.8 Å². The van der Waals surface area contributed by atoms with Gasteiger partial charge in [-0.25, -0.2) is 4.39 Å². The molecule has 0 bridgehead atoms. The Kier molecular flexibility index (Phi) is 5.68. The highest BCUT2D eigenvalue weighted by Gasteiger charge is 2.32. The predicted octanol–water partition coefficient (Wildman–Crippen LogP) is 3.44. The summed E-state index contributed by atoms with van der Waals surface area (Å²) in [5.41, 5.74) is 1.42. The summed E-state index contributed by atoms with van der Waals surface area (Å²) in [4.78, 5) is 12.9. The molecule has 1 aliphatic heterocycles. The lowest BCUT2D eigenvalue weighted by Crippen LogP contribution is -2.34. The molecular weight excluding hydrogens is 357 g/mol. The molecule has 138 valence electrons. The second-order valence-corrected chi connectivity index (χ2v) is 6.90. The standard InChI is InChI=1S/C19H20FNO4S/c1-23-15-8-12(9-16(24-2)18(15)25-3)17(22)14-10-26-19(21-14)11-4-6-13(20)7-5-11/h4-9,14,19,21H,10H2,1-3H3. The molecule has 2 aromatic carbocycles. The molecule has 0 radical (unpaired) electrons. The maximum absolute atomic E-state index is 13.1. The van der Waals surface area contributed by atoms with Crippen molar-refractivity contribution in [3.05, 3.63) is 53.3 Å². The Labute approximate surface area is 155 Å². The van der Waals surface area contributed by atoms with Gasteiger partial charge in [-0.05, 0) is 29.8 Å². The molecule has 0 aromatic heterocycles. The molecule has 2 aromatic rings. The molecule has 0 spiro atoms. The van der Waals surface area contributed by atoms with Crippen LogP contribution in [-0.2, 0) is 0 Å². The molecule has 0 aliphatic carbocycles. The molecule has 5 nitrogen and oxygen atoms in total. The van der Waals surface area contributed by atoms with Gasteiger partial charge in [0.25, 0.3) is 0 Å². The van der Waals surface area contributed by atoms with Gasteiger partial charge in [0.1, 0.15) is 5.82 Å². The van der Waals surface area contributed by atoms with E-state index in [0.29, 0.717) is 28.6 Å². The smallest absolute Gasteiger partial charge is 0.203 e. The normalized spacial score (nSPS) is 19.2. The van der Waals surface area contributed by atoms with Crippen LogP contribution in [0.2, 0.25) is 0 Å². The third-order valence-electron chi connectivity index (χ3n) is 4.22. The first-order chi connectivity index (χ1) is 12.6. The zero-order chi connectivity index (χ0) is 18.7. The Hall–Kier alpha value is -2.25. The number of rotatable bonds is 6. The van der Waals surface area contributed by atoms with Crippen LogP contribution in [0.15, 0.2) is 36.4 Å². The first-order valence-electron chi connectivity index (χ1n) is 8.04. The van der Waals surface area contributed by atoms with Crippen LogP contribution < -0.4 is 19.5 Å². The fourth-order valence-electron chi connectivity index (χ4n) is 2.88. The highest BCUT2D eigenvalue weighted by atomic mass is 32.2. The molecular formula is C19H20FNO4S. The van der Waals surface area contributed by atoms with Crippen LogP contribution >= 0.6 is 11.8 Å². The number of carbonyl (C=O) groups excluding carboxylic acids is 1. The van der Waals surface area contributed by atoms with E-state index in [2.05, 4.69) is 5.32 Å². The molecule has 1 saturated heterocycles. The minimum atomic E-state index is -0.349. The van der Waals surface area contributed by atoms with Crippen molar-refractivity contribution in [2.75, 3.05) is 27.1 Å². The maximum atomic E-state index is 13.1. The van der Waals surface area contributed by atoms with E-state index < -0.39 is 0 Å². The van der Waals surface area contributed by atoms with Crippen LogP contribution in [0.1, 0.15) is 21.3 Å². The van der Waals surface area contributed by atoms with Crippen molar-refractivity contribution < 1.29 is 23.4 Å². The van der Waals surface area contributed by atoms with E-state index in [1.807, 2.05) is 0 Å². The summed E-state index contributed by atoms with van der Waals surface area (Å²) in [7, 11) is 4.55. The number of ketones is 1. The van der Waals surface area contributed by atoms with E-state index >= 15 is 0 Å². The molecule has 1 N–H and O–H groups in total. The molecule has 0 saturated carbocycles. The van der Waals surface area contributed by atoms with Crippen molar-refractivity contribution >= 4 is 17.5 Å². The number of ether oxygens (including phenoxy) is 3. The van der Waals surface area contributed by atoms with Gasteiger partial charge < -0.3 is 14.2 Å². The Morgan fingerprint density at radius 2 is 1.69 bits per heavy atom. The van der Waals surface area contributed by atoms with Crippen LogP contribution in [0.5, 0.6) is 17.2 Å². The molecule has 3 rings (SSSR count). The molecule has 2 unspecified atom stereocenters. The van der Waals surface area contributed by atoms with Crippen molar-refractivity contribution in [1.29, 1.82) is 0 Å². The lowest BCUT2D eigenvalue weighted by molar-refractivity contribution is 0.0955. The summed E-state index contributed by atoms with van der Waals surface area (Å²) in [6.45, 7) is 0. The number of thioether (sulfide) groups is 1. The predicted molar refractivity (Wildman–Crippen MR) is 99.0 cm³/mol. The van der Waals surface area contributed by atoms with Crippen molar-refractivity contribution in [3.63, 3.8) is 0 Å². The second kappa shape index (κ2) is 7.97. The maximum Gasteiger partial charge on any atom is 0.203 e. The minimum Gasteiger partial charge on any atom is -0.493 e. The van der Waals surface area contributed by atoms with Crippen LogP contribution in [0.25, 0.3) is 0 Å². The number of methoxy groups -OCH3 is 3. The largest absolute Gasteiger partial charge is 0.493 e. The van der Waals surface area contributed by atoms with Crippen LogP contribution in [0.4, 0.5) is 4.39 Å². The average molecular weight is 377 g/mol. The highest BCUT2D eigenvalue weighted by Crippen LogP contribution is 2.39. The van der Waals surface area contributed by atoms with E-state index in [1.54, 1.807) is 36.0 Å². The van der Waals surface area contributed by atoms with Crippen LogP contribution in [-0.4, -0.2) is 38.9 Å². The van der Waals surface area contributed by atoms with Crippen molar-refractivity contribution in [2.24, 2.45) is 0 Å². The fraction of sp³-hybridized carbons (Fsp3) is 0.316. The summed E-state index contributed by atoms with van der Waals surface area (Å²) >= 11 is 1.62. The summed E-state index contributed by atoms with van der Waals surface area (Å²) in [5.74, 6) is 1.62. The Morgan fingerprint density at radius 3 is 2.23 bits per heavy atom. The Morgan fingerprint density at radius 1 is 1.08 bits per heavy atom. The average Bonchev–Trinajstić information content (AvgIpc) is 3.16. The van der Waals surface area contributed by atoms with Crippen molar-refractivity contribution in [1.82, 2.24) is 5.32 Å². The van der Waals surface area contributed by atoms with Gasteiger partial charge in [0.05, 0.1) is 32.7 Å². The van der Waals surface area contributed by atoms with Gasteiger partial charge >= 0.3 is 0 Å². The molecule has 26 heavy (non-hydrogen) atoms. The molecule has 1 heterocycles. The van der Waals surface area contributed by atoms with Gasteiger partial charge in [0, 0.05) is 11.3 Å². The third-order valence-corrected chi connectivity index (χ3v) is 5.49. The Bertz CT molecular complexity index is 772. The Balaban J connectivity index is 1.80. The highest BCUT2D eigenvalue weighted by molar-refractivity contribution is 7.99. The van der Waals surface area contributed by atoms with E-state index in [0.717, 1.165) is 5.56 Å². The number of Topliss-reactive ketones (excluding diaryl/α,β-unsaturated/α-hetero) is 1. The minimum absolute atomic E-state index is 0.0495. The monoisotopic (exact) mass is 377 g/mol. The third kappa shape index (κ3) is 3.64. The van der Waals surface area contributed by atoms with Crippen LogP contribution in [0.3, 0.4) is 0 Å². The lowest BCUT2D eigenvalue weighted by Gasteiger charge is -2.16. The number of benzene rings is 2. The van der Waals surface area contributed by atoms with Crippen molar-refractivity contribution in [2.45, 2.75) is 11.4 Å². The quantitative estimate of drug-likeness (QED) is 0.779.